The summed E-state index contributed by atoms with van der Waals surface area (Å²) in [5.41, 5.74) is 1.57. The summed E-state index contributed by atoms with van der Waals surface area (Å²) >= 11 is 6.53. The number of hydrogen-bond donors (Lipinski definition) is 0. The minimum atomic E-state index is -0.307. The van der Waals surface area contributed by atoms with Crippen LogP contribution in [0.4, 0.5) is 0 Å². The van der Waals surface area contributed by atoms with Crippen molar-refractivity contribution in [1.82, 2.24) is 14.8 Å². The highest BCUT2D eigenvalue weighted by Gasteiger charge is 2.08. The molecule has 2 aromatic rings. The zero-order valence-electron chi connectivity index (χ0n) is 10.1. The average Bonchev–Trinajstić information content (AvgIpc) is 2.69. The summed E-state index contributed by atoms with van der Waals surface area (Å²) in [7, 11) is 0. The Bertz CT molecular complexity index is 581. The van der Waals surface area contributed by atoms with Gasteiger partial charge in [0, 0.05) is 0 Å². The summed E-state index contributed by atoms with van der Waals surface area (Å²) in [6, 6.07) is 7.23. The van der Waals surface area contributed by atoms with Crippen LogP contribution in [0.25, 0.3) is 0 Å². The van der Waals surface area contributed by atoms with Crippen LogP contribution in [0.5, 0.6) is 0 Å². The molecule has 1 aromatic heterocycles. The third-order valence-corrected chi connectivity index (χ3v) is 3.32. The standard InChI is InChI=1S/C12H11Br2N3O2/c1-2-19-10(18)9-5-3-8(4-6-9)7-17-12(14)15-11(13)16-17/h3-6H,2,7H2,1H3. The number of hydrogen-bond acceptors (Lipinski definition) is 4. The lowest BCUT2D eigenvalue weighted by Gasteiger charge is -2.05. The van der Waals surface area contributed by atoms with Gasteiger partial charge in [0.05, 0.1) is 18.7 Å². The minimum Gasteiger partial charge on any atom is -0.462 e. The lowest BCUT2D eigenvalue weighted by Crippen LogP contribution is -2.06. The molecule has 19 heavy (non-hydrogen) atoms. The SMILES string of the molecule is CCOC(=O)c1ccc(Cn2nc(Br)nc2Br)cc1. The topological polar surface area (TPSA) is 57.0 Å². The molecule has 100 valence electrons. The average molecular weight is 389 g/mol. The molecule has 0 N–H and O–H groups in total. The molecule has 0 spiro atoms. The van der Waals surface area contributed by atoms with Gasteiger partial charge in [-0.2, -0.15) is 4.98 Å². The van der Waals surface area contributed by atoms with E-state index >= 15 is 0 Å². The van der Waals surface area contributed by atoms with Crippen LogP contribution in [-0.2, 0) is 11.3 Å². The fourth-order valence-electron chi connectivity index (χ4n) is 1.53. The van der Waals surface area contributed by atoms with E-state index in [1.165, 1.54) is 0 Å². The Morgan fingerprint density at radius 2 is 2.00 bits per heavy atom. The van der Waals surface area contributed by atoms with Crippen molar-refractivity contribution < 1.29 is 9.53 Å². The molecule has 7 heteroatoms. The maximum Gasteiger partial charge on any atom is 0.338 e. The molecule has 0 bridgehead atoms. The number of ether oxygens (including phenoxy) is 1. The fraction of sp³-hybridized carbons (Fsp3) is 0.250. The first-order valence-corrected chi connectivity index (χ1v) is 7.20. The van der Waals surface area contributed by atoms with E-state index in [0.717, 1.165) is 5.56 Å². The summed E-state index contributed by atoms with van der Waals surface area (Å²) in [5.74, 6) is -0.307. The van der Waals surface area contributed by atoms with Crippen molar-refractivity contribution in [3.8, 4) is 0 Å². The summed E-state index contributed by atoms with van der Waals surface area (Å²) < 4.78 is 7.82. The van der Waals surface area contributed by atoms with Crippen molar-refractivity contribution in [2.24, 2.45) is 0 Å². The van der Waals surface area contributed by atoms with Crippen LogP contribution >= 0.6 is 31.9 Å². The van der Waals surface area contributed by atoms with E-state index in [2.05, 4.69) is 41.9 Å². The summed E-state index contributed by atoms with van der Waals surface area (Å²) in [6.45, 7) is 2.73. The fourth-order valence-corrected chi connectivity index (χ4v) is 2.50. The van der Waals surface area contributed by atoms with Gasteiger partial charge in [0.15, 0.2) is 4.73 Å². The number of nitrogens with zero attached hydrogens (tertiary/aromatic N) is 3. The summed E-state index contributed by atoms with van der Waals surface area (Å²) in [5, 5.41) is 4.18. The van der Waals surface area contributed by atoms with Gasteiger partial charge < -0.3 is 4.74 Å². The Morgan fingerprint density at radius 1 is 1.32 bits per heavy atom. The quantitative estimate of drug-likeness (QED) is 0.755. The molecule has 0 saturated heterocycles. The van der Waals surface area contributed by atoms with Crippen LogP contribution in [0.15, 0.2) is 33.7 Å². The van der Waals surface area contributed by atoms with Crippen LogP contribution in [0.2, 0.25) is 0 Å². The van der Waals surface area contributed by atoms with Gasteiger partial charge >= 0.3 is 5.97 Å². The largest absolute Gasteiger partial charge is 0.462 e. The second kappa shape index (κ2) is 6.29. The van der Waals surface area contributed by atoms with Gasteiger partial charge in [0.1, 0.15) is 0 Å². The summed E-state index contributed by atoms with van der Waals surface area (Å²) in [6.07, 6.45) is 0. The zero-order chi connectivity index (χ0) is 13.8. The highest BCUT2D eigenvalue weighted by atomic mass is 79.9. The molecule has 0 aliphatic heterocycles. The second-order valence-corrected chi connectivity index (χ2v) is 5.14. The van der Waals surface area contributed by atoms with Crippen molar-refractivity contribution in [2.45, 2.75) is 13.5 Å². The second-order valence-electron chi connectivity index (χ2n) is 3.72. The van der Waals surface area contributed by atoms with Crippen LogP contribution in [0.3, 0.4) is 0 Å². The number of carbonyl (C=O) groups excluding carboxylic acids is 1. The van der Waals surface area contributed by atoms with Gasteiger partial charge in [-0.3, -0.25) is 0 Å². The number of halogens is 2. The molecule has 0 fully saturated rings. The van der Waals surface area contributed by atoms with Crippen LogP contribution in [0.1, 0.15) is 22.8 Å². The highest BCUT2D eigenvalue weighted by molar-refractivity contribution is 9.11. The van der Waals surface area contributed by atoms with Crippen LogP contribution in [0, 0.1) is 0 Å². The van der Waals surface area contributed by atoms with Crippen molar-refractivity contribution >= 4 is 37.8 Å². The Balaban J connectivity index is 2.10. The maximum atomic E-state index is 11.5. The third-order valence-electron chi connectivity index (χ3n) is 2.40. The number of benzene rings is 1. The van der Waals surface area contributed by atoms with E-state index in [4.69, 9.17) is 4.74 Å². The van der Waals surface area contributed by atoms with E-state index in [0.29, 0.717) is 28.2 Å². The monoisotopic (exact) mass is 387 g/mol. The number of rotatable bonds is 4. The number of carbonyl (C=O) groups is 1. The molecule has 5 nitrogen and oxygen atoms in total. The van der Waals surface area contributed by atoms with Crippen LogP contribution < -0.4 is 0 Å². The molecule has 2 rings (SSSR count). The normalized spacial score (nSPS) is 10.5. The Labute approximate surface area is 127 Å². The van der Waals surface area contributed by atoms with Gasteiger partial charge in [0.2, 0.25) is 4.73 Å². The van der Waals surface area contributed by atoms with Gasteiger partial charge in [-0.15, -0.1) is 5.10 Å². The van der Waals surface area contributed by atoms with Gasteiger partial charge in [0.25, 0.3) is 0 Å². The molecular formula is C12H11Br2N3O2. The first-order valence-electron chi connectivity index (χ1n) is 5.62. The predicted molar refractivity (Wildman–Crippen MR) is 76.9 cm³/mol. The van der Waals surface area contributed by atoms with Gasteiger partial charge in [-0.05, 0) is 56.5 Å². The number of esters is 1. The van der Waals surface area contributed by atoms with Gasteiger partial charge in [-0.25, -0.2) is 9.48 Å². The number of aromatic nitrogens is 3. The molecule has 0 saturated carbocycles. The maximum absolute atomic E-state index is 11.5. The Hall–Kier alpha value is -1.21. The minimum absolute atomic E-state index is 0.307. The van der Waals surface area contributed by atoms with Crippen molar-refractivity contribution in [1.29, 1.82) is 0 Å². The summed E-state index contributed by atoms with van der Waals surface area (Å²) in [4.78, 5) is 15.6. The smallest absolute Gasteiger partial charge is 0.338 e. The van der Waals surface area contributed by atoms with E-state index in [1.807, 2.05) is 12.1 Å². The zero-order valence-corrected chi connectivity index (χ0v) is 13.3. The molecular weight excluding hydrogens is 378 g/mol. The Morgan fingerprint density at radius 3 is 2.53 bits per heavy atom. The van der Waals surface area contributed by atoms with E-state index in [1.54, 1.807) is 23.7 Å². The first kappa shape index (κ1) is 14.2. The molecule has 0 aliphatic rings. The molecule has 1 heterocycles. The lowest BCUT2D eigenvalue weighted by atomic mass is 10.1. The van der Waals surface area contributed by atoms with Crippen molar-refractivity contribution in [3.63, 3.8) is 0 Å². The molecule has 0 radical (unpaired) electrons. The predicted octanol–water partition coefficient (Wildman–Crippen LogP) is 3.03. The molecule has 0 aliphatic carbocycles. The van der Waals surface area contributed by atoms with Gasteiger partial charge in [-0.1, -0.05) is 12.1 Å². The first-order chi connectivity index (χ1) is 9.10. The molecule has 0 amide bonds. The highest BCUT2D eigenvalue weighted by Crippen LogP contribution is 2.14. The van der Waals surface area contributed by atoms with Crippen molar-refractivity contribution in [3.05, 3.63) is 44.9 Å². The molecule has 1 aromatic carbocycles. The lowest BCUT2D eigenvalue weighted by molar-refractivity contribution is 0.0526. The molecule has 0 atom stereocenters. The van der Waals surface area contributed by atoms with Crippen LogP contribution in [-0.4, -0.2) is 27.3 Å². The van der Waals surface area contributed by atoms with E-state index in [9.17, 15) is 4.79 Å². The van der Waals surface area contributed by atoms with E-state index in [-0.39, 0.29) is 5.97 Å². The Kier molecular flexibility index (Phi) is 4.71. The molecule has 0 unspecified atom stereocenters. The van der Waals surface area contributed by atoms with Crippen molar-refractivity contribution in [2.75, 3.05) is 6.61 Å². The third kappa shape index (κ3) is 3.63. The van der Waals surface area contributed by atoms with E-state index < -0.39 is 0 Å².